The first-order chi connectivity index (χ1) is 8.65. The zero-order valence-corrected chi connectivity index (χ0v) is 11.5. The van der Waals surface area contributed by atoms with E-state index in [9.17, 15) is 5.11 Å². The minimum Gasteiger partial charge on any atom is -0.497 e. The third kappa shape index (κ3) is 3.62. The van der Waals surface area contributed by atoms with E-state index in [1.54, 1.807) is 32.4 Å². The van der Waals surface area contributed by atoms with Crippen LogP contribution in [0.2, 0.25) is 0 Å². The molecule has 0 fully saturated rings. The first-order valence-electron chi connectivity index (χ1n) is 6.18. The van der Waals surface area contributed by atoms with Gasteiger partial charge in [-0.1, -0.05) is 6.92 Å². The largest absolute Gasteiger partial charge is 0.497 e. The van der Waals surface area contributed by atoms with Crippen molar-refractivity contribution in [1.82, 2.24) is 0 Å². The summed E-state index contributed by atoms with van der Waals surface area (Å²) in [6.45, 7) is 4.49. The number of aliphatic hydroxyl groups is 1. The lowest BCUT2D eigenvalue weighted by molar-refractivity contribution is -0.0357. The summed E-state index contributed by atoms with van der Waals surface area (Å²) in [6.07, 6.45) is -0.153. The first-order valence-corrected chi connectivity index (χ1v) is 6.18. The normalized spacial score (nSPS) is 14.1. The van der Waals surface area contributed by atoms with Crippen molar-refractivity contribution in [2.45, 2.75) is 32.5 Å². The molecule has 1 N–H and O–H groups in total. The van der Waals surface area contributed by atoms with Crippen molar-refractivity contribution in [1.29, 1.82) is 0 Å². The van der Waals surface area contributed by atoms with Gasteiger partial charge in [0.2, 0.25) is 0 Å². The highest BCUT2D eigenvalue weighted by Crippen LogP contribution is 2.29. The van der Waals surface area contributed by atoms with E-state index in [0.717, 1.165) is 12.0 Å². The molecule has 0 heterocycles. The van der Waals surface area contributed by atoms with Crippen LogP contribution in [0.5, 0.6) is 11.5 Å². The summed E-state index contributed by atoms with van der Waals surface area (Å²) in [5.74, 6) is 1.32. The molecule has 0 aromatic heterocycles. The molecular weight excluding hydrogens is 232 g/mol. The molecule has 0 aliphatic carbocycles. The summed E-state index contributed by atoms with van der Waals surface area (Å²) in [7, 11) is 3.18. The van der Waals surface area contributed by atoms with Crippen LogP contribution in [0.1, 0.15) is 31.9 Å². The molecular formula is C14H22O4. The lowest BCUT2D eigenvalue weighted by atomic mass is 10.0. The minimum absolute atomic E-state index is 0.216. The Morgan fingerprint density at radius 3 is 2.00 bits per heavy atom. The minimum atomic E-state index is -0.682. The van der Waals surface area contributed by atoms with Gasteiger partial charge in [-0.05, 0) is 31.0 Å². The molecule has 0 aliphatic rings. The van der Waals surface area contributed by atoms with Crippen molar-refractivity contribution in [3.63, 3.8) is 0 Å². The maximum Gasteiger partial charge on any atom is 0.122 e. The molecule has 0 radical (unpaired) electrons. The monoisotopic (exact) mass is 254 g/mol. The molecule has 0 saturated heterocycles. The van der Waals surface area contributed by atoms with E-state index in [1.807, 2.05) is 13.8 Å². The zero-order valence-electron chi connectivity index (χ0n) is 11.5. The average molecular weight is 254 g/mol. The van der Waals surface area contributed by atoms with Crippen LogP contribution in [0, 0.1) is 0 Å². The number of methoxy groups -OCH3 is 2. The summed E-state index contributed by atoms with van der Waals surface area (Å²) >= 11 is 0. The van der Waals surface area contributed by atoms with Gasteiger partial charge in [-0.3, -0.25) is 0 Å². The third-order valence-electron chi connectivity index (χ3n) is 2.85. The molecule has 2 atom stereocenters. The Kier molecular flexibility index (Phi) is 5.95. The maximum absolute atomic E-state index is 10.3. The standard InChI is InChI=1S/C14H22O4/c1-5-13(18-6-2)14(15)10-7-11(16-3)9-12(8-10)17-4/h7-9,13-15H,5-6H2,1-4H3. The van der Waals surface area contributed by atoms with E-state index in [4.69, 9.17) is 14.2 Å². The van der Waals surface area contributed by atoms with Crippen LogP contribution in [0.3, 0.4) is 0 Å². The molecule has 2 unspecified atom stereocenters. The molecule has 4 nitrogen and oxygen atoms in total. The van der Waals surface area contributed by atoms with Crippen LogP contribution in [0.25, 0.3) is 0 Å². The van der Waals surface area contributed by atoms with Gasteiger partial charge in [0.15, 0.2) is 0 Å². The van der Waals surface area contributed by atoms with Gasteiger partial charge in [0.05, 0.1) is 20.3 Å². The second-order valence-electron chi connectivity index (χ2n) is 3.99. The number of rotatable bonds is 7. The highest BCUT2D eigenvalue weighted by atomic mass is 16.5. The SMILES string of the molecule is CCOC(CC)C(O)c1cc(OC)cc(OC)c1. The van der Waals surface area contributed by atoms with Gasteiger partial charge in [0.25, 0.3) is 0 Å². The second kappa shape index (κ2) is 7.24. The highest BCUT2D eigenvalue weighted by molar-refractivity contribution is 5.39. The van der Waals surface area contributed by atoms with Crippen LogP contribution >= 0.6 is 0 Å². The fourth-order valence-corrected chi connectivity index (χ4v) is 1.86. The van der Waals surface area contributed by atoms with Gasteiger partial charge >= 0.3 is 0 Å². The van der Waals surface area contributed by atoms with Crippen LogP contribution in [-0.2, 0) is 4.74 Å². The molecule has 1 aromatic carbocycles. The Bertz CT molecular complexity index is 343. The van der Waals surface area contributed by atoms with Gasteiger partial charge in [0, 0.05) is 12.7 Å². The molecule has 1 aromatic rings. The number of ether oxygens (including phenoxy) is 3. The van der Waals surface area contributed by atoms with Crippen molar-refractivity contribution in [3.05, 3.63) is 23.8 Å². The first kappa shape index (κ1) is 14.8. The predicted molar refractivity (Wildman–Crippen MR) is 70.2 cm³/mol. The fraction of sp³-hybridized carbons (Fsp3) is 0.571. The van der Waals surface area contributed by atoms with Crippen molar-refractivity contribution in [3.8, 4) is 11.5 Å². The maximum atomic E-state index is 10.3. The quantitative estimate of drug-likeness (QED) is 0.812. The van der Waals surface area contributed by atoms with Crippen LogP contribution in [0.15, 0.2) is 18.2 Å². The topological polar surface area (TPSA) is 47.9 Å². The van der Waals surface area contributed by atoms with E-state index >= 15 is 0 Å². The van der Waals surface area contributed by atoms with Gasteiger partial charge in [-0.15, -0.1) is 0 Å². The van der Waals surface area contributed by atoms with E-state index in [2.05, 4.69) is 0 Å². The molecule has 0 spiro atoms. The van der Waals surface area contributed by atoms with Gasteiger partial charge in [0.1, 0.15) is 17.6 Å². The number of hydrogen-bond donors (Lipinski definition) is 1. The van der Waals surface area contributed by atoms with Gasteiger partial charge in [-0.2, -0.15) is 0 Å². The number of aliphatic hydroxyl groups excluding tert-OH is 1. The van der Waals surface area contributed by atoms with Crippen LogP contribution < -0.4 is 9.47 Å². The molecule has 0 bridgehead atoms. The molecule has 4 heteroatoms. The van der Waals surface area contributed by atoms with Crippen LogP contribution in [0.4, 0.5) is 0 Å². The van der Waals surface area contributed by atoms with Crippen molar-refractivity contribution in [2.24, 2.45) is 0 Å². The van der Waals surface area contributed by atoms with Gasteiger partial charge in [-0.25, -0.2) is 0 Å². The highest BCUT2D eigenvalue weighted by Gasteiger charge is 2.20. The van der Waals surface area contributed by atoms with Crippen molar-refractivity contribution in [2.75, 3.05) is 20.8 Å². The molecule has 0 saturated carbocycles. The lowest BCUT2D eigenvalue weighted by Crippen LogP contribution is -2.21. The molecule has 1 rings (SSSR count). The summed E-state index contributed by atoms with van der Waals surface area (Å²) in [5.41, 5.74) is 0.742. The van der Waals surface area contributed by atoms with E-state index in [0.29, 0.717) is 18.1 Å². The Hall–Kier alpha value is -1.26. The fourth-order valence-electron chi connectivity index (χ4n) is 1.86. The zero-order chi connectivity index (χ0) is 13.5. The van der Waals surface area contributed by atoms with Crippen molar-refractivity contribution < 1.29 is 19.3 Å². The molecule has 0 aliphatic heterocycles. The predicted octanol–water partition coefficient (Wildman–Crippen LogP) is 2.55. The Morgan fingerprint density at radius 2 is 1.61 bits per heavy atom. The Morgan fingerprint density at radius 1 is 1.06 bits per heavy atom. The van der Waals surface area contributed by atoms with E-state index in [1.165, 1.54) is 0 Å². The van der Waals surface area contributed by atoms with Crippen molar-refractivity contribution >= 4 is 0 Å². The summed E-state index contributed by atoms with van der Waals surface area (Å²) in [4.78, 5) is 0. The smallest absolute Gasteiger partial charge is 0.122 e. The number of hydrogen-bond acceptors (Lipinski definition) is 4. The van der Waals surface area contributed by atoms with E-state index < -0.39 is 6.10 Å². The lowest BCUT2D eigenvalue weighted by Gasteiger charge is -2.22. The van der Waals surface area contributed by atoms with Crippen LogP contribution in [-0.4, -0.2) is 32.0 Å². The van der Waals surface area contributed by atoms with Gasteiger partial charge < -0.3 is 19.3 Å². The molecule has 18 heavy (non-hydrogen) atoms. The molecule has 102 valence electrons. The number of benzene rings is 1. The molecule has 0 amide bonds. The van der Waals surface area contributed by atoms with E-state index in [-0.39, 0.29) is 6.10 Å². The summed E-state index contributed by atoms with van der Waals surface area (Å²) in [5, 5.41) is 10.3. The Labute approximate surface area is 108 Å². The summed E-state index contributed by atoms with van der Waals surface area (Å²) < 4.78 is 15.9. The summed E-state index contributed by atoms with van der Waals surface area (Å²) in [6, 6.07) is 5.38. The second-order valence-corrected chi connectivity index (χ2v) is 3.99. The average Bonchev–Trinajstić information content (AvgIpc) is 2.43. The third-order valence-corrected chi connectivity index (χ3v) is 2.85. The Balaban J connectivity index is 2.98.